The SMILES string of the molecule is NNC(=O)NC1c2ccccc2Oc2ccccc21. The topological polar surface area (TPSA) is 76.4 Å². The van der Waals surface area contributed by atoms with E-state index in [1.165, 1.54) is 0 Å². The molecule has 0 aromatic heterocycles. The zero-order valence-electron chi connectivity index (χ0n) is 10.1. The number of benzene rings is 2. The van der Waals surface area contributed by atoms with Gasteiger partial charge in [0, 0.05) is 11.1 Å². The van der Waals surface area contributed by atoms with Gasteiger partial charge in [0.25, 0.3) is 0 Å². The first-order chi connectivity index (χ1) is 9.29. The highest BCUT2D eigenvalue weighted by Crippen LogP contribution is 2.42. The largest absolute Gasteiger partial charge is 0.457 e. The molecule has 4 N–H and O–H groups in total. The molecule has 2 aromatic rings. The van der Waals surface area contributed by atoms with Gasteiger partial charge in [-0.1, -0.05) is 36.4 Å². The highest BCUT2D eigenvalue weighted by Gasteiger charge is 2.27. The van der Waals surface area contributed by atoms with Crippen molar-refractivity contribution in [2.24, 2.45) is 5.84 Å². The van der Waals surface area contributed by atoms with Gasteiger partial charge < -0.3 is 10.1 Å². The quantitative estimate of drug-likeness (QED) is 0.414. The number of carbonyl (C=O) groups excluding carboxylic acids is 1. The number of hydrazine groups is 1. The van der Waals surface area contributed by atoms with Crippen molar-refractivity contribution in [1.82, 2.24) is 10.7 Å². The second-order valence-electron chi connectivity index (χ2n) is 4.23. The first-order valence-electron chi connectivity index (χ1n) is 5.92. The fraction of sp³-hybridized carbons (Fsp3) is 0.0714. The van der Waals surface area contributed by atoms with E-state index in [9.17, 15) is 4.79 Å². The van der Waals surface area contributed by atoms with Crippen molar-refractivity contribution in [2.45, 2.75) is 6.04 Å². The van der Waals surface area contributed by atoms with Crippen LogP contribution in [0.25, 0.3) is 0 Å². The van der Waals surface area contributed by atoms with E-state index in [0.29, 0.717) is 0 Å². The third-order valence-electron chi connectivity index (χ3n) is 3.09. The van der Waals surface area contributed by atoms with Crippen LogP contribution >= 0.6 is 0 Å². The summed E-state index contributed by atoms with van der Waals surface area (Å²) in [5.74, 6) is 6.61. The molecule has 0 bridgehead atoms. The maximum absolute atomic E-state index is 11.5. The summed E-state index contributed by atoms with van der Waals surface area (Å²) in [5, 5.41) is 2.83. The van der Waals surface area contributed by atoms with E-state index in [-0.39, 0.29) is 6.04 Å². The fourth-order valence-corrected chi connectivity index (χ4v) is 2.24. The van der Waals surface area contributed by atoms with Crippen LogP contribution in [0.15, 0.2) is 48.5 Å². The van der Waals surface area contributed by atoms with E-state index in [4.69, 9.17) is 10.6 Å². The van der Waals surface area contributed by atoms with Gasteiger partial charge in [-0.05, 0) is 12.1 Å². The molecular formula is C14H13N3O2. The standard InChI is InChI=1S/C14H13N3O2/c15-17-14(18)16-13-9-5-1-3-7-11(9)19-12-8-4-2-6-10(12)13/h1-8,13H,15H2,(H2,16,17,18). The van der Waals surface area contributed by atoms with Crippen molar-refractivity contribution in [1.29, 1.82) is 0 Å². The molecule has 1 aliphatic rings. The van der Waals surface area contributed by atoms with Gasteiger partial charge in [-0.3, -0.25) is 5.43 Å². The molecule has 1 aliphatic heterocycles. The number of rotatable bonds is 1. The maximum atomic E-state index is 11.5. The normalized spacial score (nSPS) is 12.9. The lowest BCUT2D eigenvalue weighted by Gasteiger charge is -2.28. The highest BCUT2D eigenvalue weighted by molar-refractivity contribution is 5.75. The number of nitrogens with one attached hydrogen (secondary N) is 2. The Morgan fingerprint density at radius 3 is 2.05 bits per heavy atom. The van der Waals surface area contributed by atoms with Crippen LogP contribution in [0.4, 0.5) is 4.79 Å². The summed E-state index contributed by atoms with van der Waals surface area (Å²) < 4.78 is 5.82. The summed E-state index contributed by atoms with van der Waals surface area (Å²) in [7, 11) is 0. The average Bonchev–Trinajstić information content (AvgIpc) is 2.46. The van der Waals surface area contributed by atoms with Gasteiger partial charge in [-0.25, -0.2) is 10.6 Å². The first-order valence-corrected chi connectivity index (χ1v) is 5.92. The molecule has 0 aliphatic carbocycles. The Kier molecular flexibility index (Phi) is 2.81. The second-order valence-corrected chi connectivity index (χ2v) is 4.23. The number of carbonyl (C=O) groups is 1. The van der Waals surface area contributed by atoms with Crippen molar-refractivity contribution in [3.05, 3.63) is 59.7 Å². The van der Waals surface area contributed by atoms with Crippen molar-refractivity contribution in [3.8, 4) is 11.5 Å². The molecule has 0 saturated heterocycles. The molecule has 5 heteroatoms. The summed E-state index contributed by atoms with van der Waals surface area (Å²) in [6, 6.07) is 14.5. The summed E-state index contributed by atoms with van der Waals surface area (Å²) in [6.45, 7) is 0. The number of amides is 2. The minimum Gasteiger partial charge on any atom is -0.457 e. The number of ether oxygens (including phenoxy) is 1. The van der Waals surface area contributed by atoms with E-state index in [2.05, 4.69) is 10.7 Å². The Morgan fingerprint density at radius 1 is 1.00 bits per heavy atom. The molecule has 2 aromatic carbocycles. The predicted octanol–water partition coefficient (Wildman–Crippen LogP) is 2.05. The number of hydrogen-bond donors (Lipinski definition) is 3. The van der Waals surface area contributed by atoms with Crippen LogP contribution in [0.2, 0.25) is 0 Å². The van der Waals surface area contributed by atoms with Gasteiger partial charge in [0.05, 0.1) is 6.04 Å². The number of nitrogens with two attached hydrogens (primary N) is 1. The predicted molar refractivity (Wildman–Crippen MR) is 70.7 cm³/mol. The van der Waals surface area contributed by atoms with E-state index in [1.807, 2.05) is 48.5 Å². The van der Waals surface area contributed by atoms with Crippen LogP contribution in [-0.4, -0.2) is 6.03 Å². The van der Waals surface area contributed by atoms with Crippen LogP contribution < -0.4 is 21.3 Å². The molecule has 0 radical (unpaired) electrons. The monoisotopic (exact) mass is 255 g/mol. The minimum absolute atomic E-state index is 0.273. The number of hydrogen-bond acceptors (Lipinski definition) is 3. The lowest BCUT2D eigenvalue weighted by Crippen LogP contribution is -2.42. The highest BCUT2D eigenvalue weighted by atomic mass is 16.5. The smallest absolute Gasteiger partial charge is 0.329 e. The maximum Gasteiger partial charge on any atom is 0.329 e. The van der Waals surface area contributed by atoms with Crippen molar-refractivity contribution in [3.63, 3.8) is 0 Å². The van der Waals surface area contributed by atoms with E-state index < -0.39 is 6.03 Å². The average molecular weight is 255 g/mol. The third-order valence-corrected chi connectivity index (χ3v) is 3.09. The Labute approximate surface area is 110 Å². The van der Waals surface area contributed by atoms with E-state index in [0.717, 1.165) is 22.6 Å². The molecular weight excluding hydrogens is 242 g/mol. The number of para-hydroxylation sites is 2. The van der Waals surface area contributed by atoms with Crippen molar-refractivity contribution < 1.29 is 9.53 Å². The van der Waals surface area contributed by atoms with Crippen LogP contribution in [-0.2, 0) is 0 Å². The van der Waals surface area contributed by atoms with Gasteiger partial charge in [-0.2, -0.15) is 0 Å². The molecule has 3 rings (SSSR count). The van der Waals surface area contributed by atoms with Gasteiger partial charge in [0.2, 0.25) is 0 Å². The summed E-state index contributed by atoms with van der Waals surface area (Å²) >= 11 is 0. The first kappa shape index (κ1) is 11.6. The Balaban J connectivity index is 2.08. The third kappa shape index (κ3) is 2.00. The number of urea groups is 1. The molecule has 0 spiro atoms. The Bertz CT molecular complexity index is 582. The number of fused-ring (bicyclic) bond motifs is 2. The molecule has 5 nitrogen and oxygen atoms in total. The van der Waals surface area contributed by atoms with Crippen LogP contribution in [0.5, 0.6) is 11.5 Å². The molecule has 0 atom stereocenters. The summed E-state index contributed by atoms with van der Waals surface area (Å²) in [5.41, 5.74) is 3.90. The Hall–Kier alpha value is -2.53. The summed E-state index contributed by atoms with van der Waals surface area (Å²) in [4.78, 5) is 11.5. The van der Waals surface area contributed by atoms with Crippen LogP contribution in [0.3, 0.4) is 0 Å². The molecule has 0 saturated carbocycles. The lowest BCUT2D eigenvalue weighted by atomic mass is 9.95. The molecule has 96 valence electrons. The summed E-state index contributed by atoms with van der Waals surface area (Å²) in [6.07, 6.45) is 0. The van der Waals surface area contributed by atoms with Gasteiger partial charge in [-0.15, -0.1) is 0 Å². The van der Waals surface area contributed by atoms with Gasteiger partial charge in [0.15, 0.2) is 0 Å². The zero-order valence-corrected chi connectivity index (χ0v) is 10.1. The Morgan fingerprint density at radius 2 is 1.53 bits per heavy atom. The van der Waals surface area contributed by atoms with Crippen LogP contribution in [0.1, 0.15) is 17.2 Å². The van der Waals surface area contributed by atoms with Gasteiger partial charge in [0.1, 0.15) is 11.5 Å². The molecule has 1 heterocycles. The fourth-order valence-electron chi connectivity index (χ4n) is 2.24. The van der Waals surface area contributed by atoms with Gasteiger partial charge >= 0.3 is 6.03 Å². The van der Waals surface area contributed by atoms with E-state index in [1.54, 1.807) is 0 Å². The second kappa shape index (κ2) is 4.62. The van der Waals surface area contributed by atoms with Crippen LogP contribution in [0, 0.1) is 0 Å². The molecule has 19 heavy (non-hydrogen) atoms. The van der Waals surface area contributed by atoms with E-state index >= 15 is 0 Å². The van der Waals surface area contributed by atoms with Crippen molar-refractivity contribution >= 4 is 6.03 Å². The molecule has 0 unspecified atom stereocenters. The van der Waals surface area contributed by atoms with Crippen molar-refractivity contribution in [2.75, 3.05) is 0 Å². The molecule has 0 fully saturated rings. The molecule has 2 amide bonds. The minimum atomic E-state index is -0.434. The zero-order chi connectivity index (χ0) is 13.2. The lowest BCUT2D eigenvalue weighted by molar-refractivity contribution is 0.238.